The highest BCUT2D eigenvalue weighted by molar-refractivity contribution is 5.85. The molecule has 14 heavy (non-hydrogen) atoms. The molecular weight excluding hydrogens is 204 g/mol. The molecule has 0 radical (unpaired) electrons. The lowest BCUT2D eigenvalue weighted by atomic mass is 10.1. The zero-order valence-corrected chi connectivity index (χ0v) is 9.21. The summed E-state index contributed by atoms with van der Waals surface area (Å²) in [6.07, 6.45) is 4.65. The Morgan fingerprint density at radius 1 is 1.71 bits per heavy atom. The molecule has 0 bridgehead atoms. The molecular formula is C9H15ClN2O2. The highest BCUT2D eigenvalue weighted by Gasteiger charge is 2.05. The summed E-state index contributed by atoms with van der Waals surface area (Å²) in [5, 5.41) is 3.56. The van der Waals surface area contributed by atoms with Crippen molar-refractivity contribution in [3.63, 3.8) is 0 Å². The summed E-state index contributed by atoms with van der Waals surface area (Å²) < 4.78 is 0. The zero-order chi connectivity index (χ0) is 9.68. The van der Waals surface area contributed by atoms with Crippen molar-refractivity contribution in [1.82, 2.24) is 4.90 Å². The van der Waals surface area contributed by atoms with Crippen molar-refractivity contribution in [2.24, 2.45) is 5.16 Å². The summed E-state index contributed by atoms with van der Waals surface area (Å²) in [6.45, 7) is 3.29. The Hall–Kier alpha value is -0.870. The first-order valence-corrected chi connectivity index (χ1v) is 4.27. The van der Waals surface area contributed by atoms with Crippen LogP contribution >= 0.6 is 12.4 Å². The number of hydrogen-bond donors (Lipinski definition) is 0. The average molecular weight is 219 g/mol. The third-order valence-corrected chi connectivity index (χ3v) is 1.85. The van der Waals surface area contributed by atoms with Crippen LogP contribution in [0.4, 0.5) is 0 Å². The van der Waals surface area contributed by atoms with Gasteiger partial charge in [0.25, 0.3) is 0 Å². The van der Waals surface area contributed by atoms with Crippen LogP contribution in [0.1, 0.15) is 13.3 Å². The van der Waals surface area contributed by atoms with Crippen LogP contribution in [0, 0.1) is 0 Å². The van der Waals surface area contributed by atoms with E-state index in [0.29, 0.717) is 0 Å². The number of likely N-dealkylation sites (N-methyl/N-ethyl adjacent to an activating group) is 1. The quantitative estimate of drug-likeness (QED) is 0.398. The second-order valence-electron chi connectivity index (χ2n) is 3.11. The van der Waals surface area contributed by atoms with E-state index in [1.807, 2.05) is 0 Å². The van der Waals surface area contributed by atoms with E-state index in [-0.39, 0.29) is 18.4 Å². The lowest BCUT2D eigenvalue weighted by Gasteiger charge is -2.19. The van der Waals surface area contributed by atoms with Crippen LogP contribution in [-0.4, -0.2) is 37.2 Å². The molecule has 1 aliphatic heterocycles. The number of carbonyl (C=O) groups is 1. The maximum Gasteiger partial charge on any atom is 0.331 e. The van der Waals surface area contributed by atoms with Gasteiger partial charge in [0, 0.05) is 20.0 Å². The van der Waals surface area contributed by atoms with Gasteiger partial charge >= 0.3 is 5.97 Å². The van der Waals surface area contributed by atoms with Gasteiger partial charge in [-0.1, -0.05) is 11.2 Å². The number of nitrogens with zero attached hydrogens (tertiary/aromatic N) is 2. The first-order valence-electron chi connectivity index (χ1n) is 4.27. The van der Waals surface area contributed by atoms with Crippen molar-refractivity contribution in [3.8, 4) is 0 Å². The van der Waals surface area contributed by atoms with Crippen LogP contribution in [0.5, 0.6) is 0 Å². The standard InChI is InChI=1S/C9H14N2O2.ClH/c1-8(12)13-10-7-9-3-5-11(2)6-4-9;/h3,7H,4-6H2,1-2H3;1H. The Bertz CT molecular complexity index is 251. The second kappa shape index (κ2) is 6.56. The molecule has 0 N–H and O–H groups in total. The SMILES string of the molecule is CC(=O)ON=CC1=CCN(C)CC1.Cl. The minimum Gasteiger partial charge on any atom is -0.319 e. The molecule has 0 saturated carbocycles. The molecule has 0 saturated heterocycles. The fraction of sp³-hybridized carbons (Fsp3) is 0.556. The van der Waals surface area contributed by atoms with Gasteiger partial charge in [-0.05, 0) is 19.0 Å². The van der Waals surface area contributed by atoms with E-state index in [1.54, 1.807) is 6.21 Å². The number of rotatable bonds is 2. The van der Waals surface area contributed by atoms with Crippen molar-refractivity contribution in [3.05, 3.63) is 11.6 Å². The van der Waals surface area contributed by atoms with Gasteiger partial charge in [-0.15, -0.1) is 12.4 Å². The molecule has 0 aromatic heterocycles. The van der Waals surface area contributed by atoms with Crippen LogP contribution in [0.3, 0.4) is 0 Å². The monoisotopic (exact) mass is 218 g/mol. The molecule has 4 nitrogen and oxygen atoms in total. The van der Waals surface area contributed by atoms with Gasteiger partial charge in [-0.2, -0.15) is 0 Å². The van der Waals surface area contributed by atoms with E-state index in [2.05, 4.69) is 28.0 Å². The molecule has 1 heterocycles. The first-order chi connectivity index (χ1) is 6.18. The van der Waals surface area contributed by atoms with Crippen molar-refractivity contribution in [2.75, 3.05) is 20.1 Å². The van der Waals surface area contributed by atoms with Gasteiger partial charge < -0.3 is 9.74 Å². The fourth-order valence-corrected chi connectivity index (χ4v) is 1.07. The van der Waals surface area contributed by atoms with Crippen molar-refractivity contribution in [2.45, 2.75) is 13.3 Å². The van der Waals surface area contributed by atoms with Crippen molar-refractivity contribution >= 4 is 24.6 Å². The van der Waals surface area contributed by atoms with E-state index in [9.17, 15) is 4.79 Å². The van der Waals surface area contributed by atoms with Crippen molar-refractivity contribution < 1.29 is 9.63 Å². The largest absolute Gasteiger partial charge is 0.331 e. The topological polar surface area (TPSA) is 41.9 Å². The molecule has 0 atom stereocenters. The number of carbonyl (C=O) groups excluding carboxylic acids is 1. The predicted octanol–water partition coefficient (Wildman–Crippen LogP) is 1.22. The van der Waals surface area contributed by atoms with Crippen LogP contribution in [0.2, 0.25) is 0 Å². The lowest BCUT2D eigenvalue weighted by Crippen LogP contribution is -2.24. The Kier molecular flexibility index (Phi) is 6.16. The van der Waals surface area contributed by atoms with Gasteiger partial charge in [-0.25, -0.2) is 4.79 Å². The van der Waals surface area contributed by atoms with Gasteiger partial charge in [0.15, 0.2) is 0 Å². The number of oxime groups is 1. The molecule has 0 aromatic rings. The van der Waals surface area contributed by atoms with E-state index < -0.39 is 0 Å². The highest BCUT2D eigenvalue weighted by Crippen LogP contribution is 2.06. The third kappa shape index (κ3) is 4.99. The average Bonchev–Trinajstić information content (AvgIpc) is 2.08. The van der Waals surface area contributed by atoms with Gasteiger partial charge in [0.05, 0.1) is 6.21 Å². The summed E-state index contributed by atoms with van der Waals surface area (Å²) in [6, 6.07) is 0. The Morgan fingerprint density at radius 2 is 2.43 bits per heavy atom. The fourth-order valence-electron chi connectivity index (χ4n) is 1.07. The first kappa shape index (κ1) is 13.1. The summed E-state index contributed by atoms with van der Waals surface area (Å²) in [5.74, 6) is -0.384. The molecule has 0 unspecified atom stereocenters. The van der Waals surface area contributed by atoms with Crippen LogP contribution in [0.15, 0.2) is 16.8 Å². The molecule has 0 fully saturated rings. The van der Waals surface area contributed by atoms with Crippen molar-refractivity contribution in [1.29, 1.82) is 0 Å². The predicted molar refractivity (Wildman–Crippen MR) is 57.7 cm³/mol. The van der Waals surface area contributed by atoms with E-state index in [4.69, 9.17) is 0 Å². The summed E-state index contributed by atoms with van der Waals surface area (Å²) in [4.78, 5) is 17.0. The van der Waals surface area contributed by atoms with E-state index in [0.717, 1.165) is 25.1 Å². The molecule has 80 valence electrons. The zero-order valence-electron chi connectivity index (χ0n) is 8.40. The molecule has 1 aliphatic rings. The molecule has 5 heteroatoms. The summed E-state index contributed by atoms with van der Waals surface area (Å²) in [5.41, 5.74) is 1.12. The van der Waals surface area contributed by atoms with Gasteiger partial charge in [0.1, 0.15) is 0 Å². The molecule has 0 amide bonds. The van der Waals surface area contributed by atoms with Gasteiger partial charge in [0.2, 0.25) is 0 Å². The van der Waals surface area contributed by atoms with Crippen LogP contribution in [0.25, 0.3) is 0 Å². The molecule has 1 rings (SSSR count). The maximum atomic E-state index is 10.4. The highest BCUT2D eigenvalue weighted by atomic mass is 35.5. The maximum absolute atomic E-state index is 10.4. The summed E-state index contributed by atoms with van der Waals surface area (Å²) >= 11 is 0. The third-order valence-electron chi connectivity index (χ3n) is 1.85. The smallest absolute Gasteiger partial charge is 0.319 e. The number of halogens is 1. The normalized spacial score (nSPS) is 17.4. The summed E-state index contributed by atoms with van der Waals surface area (Å²) in [7, 11) is 2.07. The Morgan fingerprint density at radius 3 is 2.93 bits per heavy atom. The molecule has 0 spiro atoms. The minimum absolute atomic E-state index is 0. The lowest BCUT2D eigenvalue weighted by molar-refractivity contribution is -0.140. The second-order valence-corrected chi connectivity index (χ2v) is 3.11. The van der Waals surface area contributed by atoms with E-state index in [1.165, 1.54) is 6.92 Å². The van der Waals surface area contributed by atoms with Gasteiger partial charge in [-0.3, -0.25) is 0 Å². The number of hydrogen-bond acceptors (Lipinski definition) is 4. The van der Waals surface area contributed by atoms with Crippen LogP contribution in [-0.2, 0) is 9.63 Å². The van der Waals surface area contributed by atoms with Crippen LogP contribution < -0.4 is 0 Å². The van der Waals surface area contributed by atoms with E-state index >= 15 is 0 Å². The Labute approximate surface area is 90.0 Å². The molecule has 0 aliphatic carbocycles. The Balaban J connectivity index is 0.00000169. The minimum atomic E-state index is -0.384. The molecule has 0 aromatic carbocycles.